The van der Waals surface area contributed by atoms with Crippen molar-refractivity contribution in [2.45, 2.75) is 126 Å². The van der Waals surface area contributed by atoms with E-state index in [1.807, 2.05) is 19.9 Å². The molecule has 1 aromatic carbocycles. The zero-order chi connectivity index (χ0) is 46.1. The van der Waals surface area contributed by atoms with Gasteiger partial charge < -0.3 is 31.0 Å². The van der Waals surface area contributed by atoms with Gasteiger partial charge in [0.25, 0.3) is 0 Å². The summed E-state index contributed by atoms with van der Waals surface area (Å²) >= 11 is 5.29. The van der Waals surface area contributed by atoms with Crippen molar-refractivity contribution >= 4 is 46.7 Å². The lowest BCUT2D eigenvalue weighted by molar-refractivity contribution is 0.177. The number of fused-ring (bicyclic) bond motifs is 1. The van der Waals surface area contributed by atoms with E-state index in [4.69, 9.17) is 16.2 Å². The van der Waals surface area contributed by atoms with E-state index in [0.29, 0.717) is 18.4 Å². The minimum Gasteiger partial charge on any atom is -0.405 e. The molecule has 0 saturated carbocycles. The van der Waals surface area contributed by atoms with E-state index in [2.05, 4.69) is 136 Å². The molecule has 1 aliphatic rings. The number of aliphatic hydroxyl groups excluding tert-OH is 1. The topological polar surface area (TPSA) is 141 Å². The smallest absolute Gasteiger partial charge is 0.0938 e. The Bertz CT molecular complexity index is 1840. The molecule has 3 heterocycles. The van der Waals surface area contributed by atoms with Gasteiger partial charge in [-0.2, -0.15) is 12.6 Å². The normalized spacial score (nSPS) is 15.1. The Balaban J connectivity index is 0.00000250. The second-order valence-electron chi connectivity index (χ2n) is 16.5. The van der Waals surface area contributed by atoms with Crippen LogP contribution in [0.4, 0.5) is 0 Å². The summed E-state index contributed by atoms with van der Waals surface area (Å²) in [5, 5.41) is 26.6. The first-order valence-electron chi connectivity index (χ1n) is 22.4. The van der Waals surface area contributed by atoms with Gasteiger partial charge in [0.15, 0.2) is 0 Å². The summed E-state index contributed by atoms with van der Waals surface area (Å²) in [5.41, 5.74) is 18.1. The number of thiol groups is 1. The van der Waals surface area contributed by atoms with Crippen LogP contribution in [0.2, 0.25) is 0 Å². The highest BCUT2D eigenvalue weighted by atomic mass is 32.1. The molecule has 342 valence electrons. The standard InChI is InChI=1S/C45H69N7OS.C2H5N.C2H6.CH4S/c1-10-13-19-45(8,9)26-40-39-23-35(41-30-54-43(50-41)24-34(11-2)32(6)16-14-15-20-49-47)17-18-42(39)52(12-3)44(40)38(33(7)31(4)5)25-37(27-46)51-22-21-48-36(28-51)29-53;1-2-3;2*1-2/h10,17-18,23,25,27,30-31,34,36,46,48-49,53H,1,6,11-16,19-22,24,26,28-29,47H2,2-5,7-9H3;2H,1,3H2;1-2H3;2H,1H3/b37-25+,38-33-,46-27?;;;. The van der Waals surface area contributed by atoms with Gasteiger partial charge in [0, 0.05) is 73.2 Å². The Labute approximate surface area is 380 Å². The van der Waals surface area contributed by atoms with Gasteiger partial charge in [-0.3, -0.25) is 11.3 Å². The highest BCUT2D eigenvalue weighted by Crippen LogP contribution is 2.42. The van der Waals surface area contributed by atoms with Crippen molar-refractivity contribution in [2.24, 2.45) is 28.8 Å². The molecule has 0 spiro atoms. The fraction of sp³-hybridized carbons (Fsp3) is 0.560. The zero-order valence-electron chi connectivity index (χ0n) is 39.7. The first-order valence-corrected chi connectivity index (χ1v) is 24.2. The molecule has 2 aromatic heterocycles. The molecule has 11 heteroatoms. The first-order chi connectivity index (χ1) is 29.3. The van der Waals surface area contributed by atoms with Crippen LogP contribution in [0.25, 0.3) is 27.7 Å². The van der Waals surface area contributed by atoms with Crippen molar-refractivity contribution in [1.82, 2.24) is 25.2 Å². The van der Waals surface area contributed by atoms with E-state index in [9.17, 15) is 5.11 Å². The molecule has 1 fully saturated rings. The Morgan fingerprint density at radius 3 is 2.46 bits per heavy atom. The van der Waals surface area contributed by atoms with Crippen molar-refractivity contribution in [2.75, 3.05) is 39.0 Å². The number of allylic oxidation sites excluding steroid dienone is 6. The number of nitrogens with two attached hydrogens (primary N) is 2. The van der Waals surface area contributed by atoms with Crippen LogP contribution >= 0.6 is 24.0 Å². The van der Waals surface area contributed by atoms with Crippen LogP contribution in [0.3, 0.4) is 0 Å². The molecule has 1 saturated heterocycles. The van der Waals surface area contributed by atoms with Crippen molar-refractivity contribution in [3.05, 3.63) is 94.8 Å². The quantitative estimate of drug-likeness (QED) is 0.0101. The van der Waals surface area contributed by atoms with Gasteiger partial charge in [-0.1, -0.05) is 84.9 Å². The number of piperazine rings is 1. The van der Waals surface area contributed by atoms with Crippen molar-refractivity contribution in [1.29, 1.82) is 5.41 Å². The van der Waals surface area contributed by atoms with Gasteiger partial charge in [0.1, 0.15) is 0 Å². The third-order valence-electron chi connectivity index (χ3n) is 11.4. The van der Waals surface area contributed by atoms with Gasteiger partial charge in [-0.05, 0) is 118 Å². The highest BCUT2D eigenvalue weighted by molar-refractivity contribution is 7.79. The summed E-state index contributed by atoms with van der Waals surface area (Å²) in [7, 11) is 0. The van der Waals surface area contributed by atoms with Crippen molar-refractivity contribution in [3.63, 3.8) is 0 Å². The Hall–Kier alpha value is -3.45. The third kappa shape index (κ3) is 16.6. The van der Waals surface area contributed by atoms with E-state index in [1.165, 1.54) is 51.3 Å². The number of unbranched alkanes of at least 4 members (excludes halogenated alkanes) is 1. The molecule has 1 aliphatic heterocycles. The Morgan fingerprint density at radius 2 is 1.89 bits per heavy atom. The summed E-state index contributed by atoms with van der Waals surface area (Å²) in [6.07, 6.45) is 16.8. The highest BCUT2D eigenvalue weighted by Gasteiger charge is 2.28. The second kappa shape index (κ2) is 29.8. The van der Waals surface area contributed by atoms with E-state index < -0.39 is 0 Å². The van der Waals surface area contributed by atoms with Crippen LogP contribution < -0.4 is 22.3 Å². The molecule has 61 heavy (non-hydrogen) atoms. The number of aryl methyl sites for hydroxylation is 1. The van der Waals surface area contributed by atoms with E-state index in [-0.39, 0.29) is 18.1 Å². The molecule has 9 nitrogen and oxygen atoms in total. The lowest BCUT2D eigenvalue weighted by atomic mass is 9.79. The summed E-state index contributed by atoms with van der Waals surface area (Å²) in [4.78, 5) is 7.47. The third-order valence-corrected chi connectivity index (χ3v) is 12.3. The number of nitrogens with one attached hydrogen (secondary N) is 3. The van der Waals surface area contributed by atoms with Gasteiger partial charge in [-0.25, -0.2) is 4.98 Å². The molecule has 2 atom stereocenters. The monoisotopic (exact) mass is 877 g/mol. The molecule has 0 bridgehead atoms. The number of benzene rings is 1. The average molecular weight is 877 g/mol. The maximum Gasteiger partial charge on any atom is 0.0938 e. The lowest BCUT2D eigenvalue weighted by Crippen LogP contribution is -2.51. The molecule has 0 radical (unpaired) electrons. The number of hydrogen-bond acceptors (Lipinski definition) is 10. The van der Waals surface area contributed by atoms with Gasteiger partial charge in [0.2, 0.25) is 0 Å². The molecular formula is C50H84N8OS2. The number of aromatic nitrogens is 2. The maximum absolute atomic E-state index is 9.96. The van der Waals surface area contributed by atoms with Crippen LogP contribution in [0.15, 0.2) is 78.5 Å². The molecule has 4 rings (SSSR count). The van der Waals surface area contributed by atoms with Gasteiger partial charge >= 0.3 is 0 Å². The zero-order valence-corrected chi connectivity index (χ0v) is 41.4. The van der Waals surface area contributed by atoms with E-state index in [0.717, 1.165) is 99.5 Å². The molecule has 3 aromatic rings. The number of aliphatic hydroxyl groups is 1. The average Bonchev–Trinajstić information content (AvgIpc) is 3.87. The number of nitrogens with zero attached hydrogens (tertiary/aromatic N) is 3. The minimum absolute atomic E-state index is 0.00963. The largest absolute Gasteiger partial charge is 0.405 e. The van der Waals surface area contributed by atoms with E-state index in [1.54, 1.807) is 17.6 Å². The van der Waals surface area contributed by atoms with Crippen LogP contribution in [-0.4, -0.2) is 70.9 Å². The van der Waals surface area contributed by atoms with Gasteiger partial charge in [-0.15, -0.1) is 17.9 Å². The molecule has 8 N–H and O–H groups in total. The lowest BCUT2D eigenvalue weighted by Gasteiger charge is -2.35. The summed E-state index contributed by atoms with van der Waals surface area (Å²) in [6, 6.07) is 6.93. The van der Waals surface area contributed by atoms with Crippen LogP contribution in [0.5, 0.6) is 0 Å². The summed E-state index contributed by atoms with van der Waals surface area (Å²) < 4.78 is 2.50. The SMILES string of the molecule is C=CCCC(C)(C)Cc1c(C(/C=C(\C=N)N2CCNC(CO)C2)=C(/C)C(C)C)n(CC)c2ccc(-c3csc(CC(CC)C(=C)CCCCNN)n3)cc12.C=CN.CC.CS. The van der Waals surface area contributed by atoms with Gasteiger partial charge in [0.05, 0.1) is 28.7 Å². The predicted molar refractivity (Wildman–Crippen MR) is 274 cm³/mol. The van der Waals surface area contributed by atoms with Crippen molar-refractivity contribution in [3.8, 4) is 11.3 Å². The Kier molecular flexibility index (Phi) is 27.1. The molecule has 2 unspecified atom stereocenters. The molecule has 0 amide bonds. The fourth-order valence-electron chi connectivity index (χ4n) is 7.80. The predicted octanol–water partition coefficient (Wildman–Crippen LogP) is 11.0. The maximum atomic E-state index is 9.96. The Morgan fingerprint density at radius 1 is 1.20 bits per heavy atom. The van der Waals surface area contributed by atoms with Crippen LogP contribution in [0.1, 0.15) is 117 Å². The second-order valence-corrected chi connectivity index (χ2v) is 17.4. The molecular weight excluding hydrogens is 793 g/mol. The van der Waals surface area contributed by atoms with Crippen LogP contribution in [0, 0.1) is 22.7 Å². The first kappa shape index (κ1) is 55.6. The number of rotatable bonds is 22. The number of thiazole rings is 1. The fourth-order valence-corrected chi connectivity index (χ4v) is 8.69. The summed E-state index contributed by atoms with van der Waals surface area (Å²) in [6.45, 7) is 35.7. The summed E-state index contributed by atoms with van der Waals surface area (Å²) in [5.74, 6) is 6.21. The molecule has 0 aliphatic carbocycles. The number of hydrazine groups is 1. The van der Waals surface area contributed by atoms with E-state index >= 15 is 0 Å². The number of hydrogen-bond donors (Lipinski definition) is 7. The van der Waals surface area contributed by atoms with Crippen LogP contribution in [-0.2, 0) is 19.4 Å². The minimum atomic E-state index is -0.00963. The van der Waals surface area contributed by atoms with Crippen molar-refractivity contribution < 1.29 is 5.11 Å².